The second kappa shape index (κ2) is 5.61. The molecule has 2 aromatic heterocycles. The molecule has 0 amide bonds. The Morgan fingerprint density at radius 3 is 3.00 bits per heavy atom. The largest absolute Gasteiger partial charge is 0.376 e. The Labute approximate surface area is 110 Å². The number of thiazole rings is 1. The second-order valence-corrected chi connectivity index (χ2v) is 5.07. The summed E-state index contributed by atoms with van der Waals surface area (Å²) < 4.78 is 0. The van der Waals surface area contributed by atoms with Crippen molar-refractivity contribution in [1.82, 2.24) is 9.97 Å². The lowest BCUT2D eigenvalue weighted by Gasteiger charge is -2.12. The molecule has 0 bridgehead atoms. The standard InChI is InChI=1S/C13H14N4S/c1-3-12-8-16-13(18-12)9(2)17-10-4-5-15-11(6-10)7-14/h4-6,8-9H,3H2,1-2H3,(H,15,17). The van der Waals surface area contributed by atoms with Crippen LogP contribution in [0.15, 0.2) is 24.5 Å². The van der Waals surface area contributed by atoms with Crippen LogP contribution in [0.1, 0.15) is 35.5 Å². The number of rotatable bonds is 4. The van der Waals surface area contributed by atoms with E-state index in [2.05, 4.69) is 29.1 Å². The minimum Gasteiger partial charge on any atom is -0.376 e. The molecule has 1 N–H and O–H groups in total. The average molecular weight is 258 g/mol. The van der Waals surface area contributed by atoms with Crippen LogP contribution in [-0.2, 0) is 6.42 Å². The van der Waals surface area contributed by atoms with Crippen LogP contribution in [0.4, 0.5) is 5.69 Å². The van der Waals surface area contributed by atoms with Crippen molar-refractivity contribution < 1.29 is 0 Å². The van der Waals surface area contributed by atoms with Crippen molar-refractivity contribution in [3.63, 3.8) is 0 Å². The number of nitriles is 1. The minimum absolute atomic E-state index is 0.129. The van der Waals surface area contributed by atoms with E-state index in [1.54, 1.807) is 23.6 Å². The van der Waals surface area contributed by atoms with Gasteiger partial charge in [-0.2, -0.15) is 5.26 Å². The van der Waals surface area contributed by atoms with Gasteiger partial charge in [0.2, 0.25) is 0 Å². The molecule has 1 unspecified atom stereocenters. The van der Waals surface area contributed by atoms with Gasteiger partial charge in [-0.05, 0) is 25.5 Å². The maximum Gasteiger partial charge on any atom is 0.142 e. The van der Waals surface area contributed by atoms with Crippen LogP contribution in [0.25, 0.3) is 0 Å². The molecule has 0 aliphatic carbocycles. The van der Waals surface area contributed by atoms with Crippen LogP contribution < -0.4 is 5.32 Å². The average Bonchev–Trinajstić information content (AvgIpc) is 2.88. The summed E-state index contributed by atoms with van der Waals surface area (Å²) in [5.41, 5.74) is 1.31. The molecule has 0 saturated heterocycles. The van der Waals surface area contributed by atoms with E-state index in [-0.39, 0.29) is 6.04 Å². The van der Waals surface area contributed by atoms with E-state index in [9.17, 15) is 0 Å². The van der Waals surface area contributed by atoms with E-state index in [4.69, 9.17) is 5.26 Å². The van der Waals surface area contributed by atoms with Crippen LogP contribution in [0.3, 0.4) is 0 Å². The molecule has 0 fully saturated rings. The number of aryl methyl sites for hydroxylation is 1. The molecule has 0 aliphatic heterocycles. The van der Waals surface area contributed by atoms with Crippen LogP contribution in [0, 0.1) is 11.3 Å². The maximum absolute atomic E-state index is 8.80. The zero-order valence-corrected chi connectivity index (χ0v) is 11.2. The predicted molar refractivity (Wildman–Crippen MR) is 72.5 cm³/mol. The summed E-state index contributed by atoms with van der Waals surface area (Å²) in [5.74, 6) is 0. The van der Waals surface area contributed by atoms with Gasteiger partial charge in [0.15, 0.2) is 0 Å². The Morgan fingerprint density at radius 1 is 1.50 bits per heavy atom. The van der Waals surface area contributed by atoms with Crippen LogP contribution in [0.5, 0.6) is 0 Å². The quantitative estimate of drug-likeness (QED) is 0.915. The van der Waals surface area contributed by atoms with Gasteiger partial charge in [-0.3, -0.25) is 0 Å². The van der Waals surface area contributed by atoms with Gasteiger partial charge in [0.25, 0.3) is 0 Å². The van der Waals surface area contributed by atoms with Crippen molar-refractivity contribution >= 4 is 17.0 Å². The summed E-state index contributed by atoms with van der Waals surface area (Å²) in [6.45, 7) is 4.18. The Morgan fingerprint density at radius 2 is 2.33 bits per heavy atom. The number of hydrogen-bond donors (Lipinski definition) is 1. The predicted octanol–water partition coefficient (Wildman–Crippen LogP) is 3.15. The van der Waals surface area contributed by atoms with Gasteiger partial charge >= 0.3 is 0 Å². The van der Waals surface area contributed by atoms with Crippen molar-refractivity contribution in [2.75, 3.05) is 5.32 Å². The third-order valence-electron chi connectivity index (χ3n) is 2.55. The first-order valence-corrected chi connectivity index (χ1v) is 6.62. The van der Waals surface area contributed by atoms with E-state index in [0.717, 1.165) is 17.1 Å². The van der Waals surface area contributed by atoms with Crippen LogP contribution in [0.2, 0.25) is 0 Å². The number of hydrogen-bond acceptors (Lipinski definition) is 5. The zero-order chi connectivity index (χ0) is 13.0. The first kappa shape index (κ1) is 12.5. The van der Waals surface area contributed by atoms with Gasteiger partial charge in [0, 0.05) is 23.0 Å². The SMILES string of the molecule is CCc1cnc(C(C)Nc2ccnc(C#N)c2)s1. The molecular formula is C13H14N4S. The number of nitrogens with zero attached hydrogens (tertiary/aromatic N) is 3. The highest BCUT2D eigenvalue weighted by atomic mass is 32.1. The molecule has 0 aliphatic rings. The smallest absolute Gasteiger partial charge is 0.142 e. The zero-order valence-electron chi connectivity index (χ0n) is 10.3. The molecule has 5 heteroatoms. The lowest BCUT2D eigenvalue weighted by atomic mass is 10.3. The summed E-state index contributed by atoms with van der Waals surface area (Å²) in [7, 11) is 0. The van der Waals surface area contributed by atoms with Crippen molar-refractivity contribution in [2.45, 2.75) is 26.3 Å². The maximum atomic E-state index is 8.80. The molecule has 2 rings (SSSR count). The van der Waals surface area contributed by atoms with Crippen LogP contribution in [-0.4, -0.2) is 9.97 Å². The van der Waals surface area contributed by atoms with Crippen LogP contribution >= 0.6 is 11.3 Å². The molecule has 2 heterocycles. The van der Waals surface area contributed by atoms with E-state index in [1.807, 2.05) is 18.3 Å². The normalized spacial score (nSPS) is 11.8. The van der Waals surface area contributed by atoms with Gasteiger partial charge in [-0.1, -0.05) is 6.92 Å². The lowest BCUT2D eigenvalue weighted by molar-refractivity contribution is 0.868. The highest BCUT2D eigenvalue weighted by molar-refractivity contribution is 7.11. The fourth-order valence-electron chi connectivity index (χ4n) is 1.58. The third kappa shape index (κ3) is 2.84. The van der Waals surface area contributed by atoms with Gasteiger partial charge in [0.1, 0.15) is 16.8 Å². The third-order valence-corrected chi connectivity index (χ3v) is 3.87. The summed E-state index contributed by atoms with van der Waals surface area (Å²) in [6.07, 6.45) is 4.57. The molecule has 0 aromatic carbocycles. The lowest BCUT2D eigenvalue weighted by Crippen LogP contribution is -2.06. The fraction of sp³-hybridized carbons (Fsp3) is 0.308. The number of pyridine rings is 1. The molecule has 2 aromatic rings. The summed E-state index contributed by atoms with van der Waals surface area (Å²) >= 11 is 1.72. The number of aromatic nitrogens is 2. The van der Waals surface area contributed by atoms with Crippen molar-refractivity contribution in [1.29, 1.82) is 5.26 Å². The molecule has 92 valence electrons. The Bertz CT molecular complexity index is 570. The summed E-state index contributed by atoms with van der Waals surface area (Å²) in [4.78, 5) is 9.63. The highest BCUT2D eigenvalue weighted by Gasteiger charge is 2.10. The molecule has 0 saturated carbocycles. The fourth-order valence-corrected chi connectivity index (χ4v) is 2.44. The summed E-state index contributed by atoms with van der Waals surface area (Å²) in [6, 6.07) is 5.75. The van der Waals surface area contributed by atoms with Crippen molar-refractivity contribution in [2.24, 2.45) is 0 Å². The Hall–Kier alpha value is -1.93. The highest BCUT2D eigenvalue weighted by Crippen LogP contribution is 2.23. The molecule has 18 heavy (non-hydrogen) atoms. The molecule has 1 atom stereocenters. The first-order valence-electron chi connectivity index (χ1n) is 5.80. The van der Waals surface area contributed by atoms with E-state index in [0.29, 0.717) is 5.69 Å². The Kier molecular flexibility index (Phi) is 3.90. The molecule has 0 spiro atoms. The van der Waals surface area contributed by atoms with Gasteiger partial charge < -0.3 is 5.32 Å². The number of nitrogens with one attached hydrogen (secondary N) is 1. The summed E-state index contributed by atoms with van der Waals surface area (Å²) in [5, 5.41) is 13.2. The molecule has 4 nitrogen and oxygen atoms in total. The van der Waals surface area contributed by atoms with Gasteiger partial charge in [-0.15, -0.1) is 11.3 Å². The first-order chi connectivity index (χ1) is 8.72. The van der Waals surface area contributed by atoms with E-state index < -0.39 is 0 Å². The number of anilines is 1. The van der Waals surface area contributed by atoms with Gasteiger partial charge in [-0.25, -0.2) is 9.97 Å². The van der Waals surface area contributed by atoms with E-state index in [1.165, 1.54) is 4.88 Å². The Balaban J connectivity index is 2.11. The van der Waals surface area contributed by atoms with Gasteiger partial charge in [0.05, 0.1) is 6.04 Å². The van der Waals surface area contributed by atoms with E-state index >= 15 is 0 Å². The van der Waals surface area contributed by atoms with Crippen molar-refractivity contribution in [3.8, 4) is 6.07 Å². The second-order valence-electron chi connectivity index (χ2n) is 3.93. The van der Waals surface area contributed by atoms with Crippen molar-refractivity contribution in [3.05, 3.63) is 40.1 Å². The molecule has 0 radical (unpaired) electrons. The minimum atomic E-state index is 0.129. The molecular weight excluding hydrogens is 244 g/mol. The topological polar surface area (TPSA) is 61.6 Å². The monoisotopic (exact) mass is 258 g/mol.